The lowest BCUT2D eigenvalue weighted by atomic mass is 10.0. The van der Waals surface area contributed by atoms with Crippen molar-refractivity contribution in [2.24, 2.45) is 0 Å². The lowest BCUT2D eigenvalue weighted by Crippen LogP contribution is -2.31. The molecule has 3 N–H and O–H groups in total. The van der Waals surface area contributed by atoms with Crippen molar-refractivity contribution < 1.29 is 4.39 Å². The zero-order valence-electron chi connectivity index (χ0n) is 15.2. The van der Waals surface area contributed by atoms with E-state index in [4.69, 9.17) is 5.73 Å². The summed E-state index contributed by atoms with van der Waals surface area (Å²) >= 11 is 0. The minimum absolute atomic E-state index is 0.158. The van der Waals surface area contributed by atoms with Crippen molar-refractivity contribution in [1.29, 1.82) is 0 Å². The van der Waals surface area contributed by atoms with Gasteiger partial charge in [0.1, 0.15) is 11.6 Å². The van der Waals surface area contributed by atoms with Crippen LogP contribution in [0.3, 0.4) is 0 Å². The lowest BCUT2D eigenvalue weighted by Gasteiger charge is -2.29. The summed E-state index contributed by atoms with van der Waals surface area (Å²) in [7, 11) is 0. The van der Waals surface area contributed by atoms with Crippen LogP contribution in [0.15, 0.2) is 36.9 Å². The van der Waals surface area contributed by atoms with Gasteiger partial charge in [0, 0.05) is 17.8 Å². The number of allylic oxidation sites excluding steroid dienone is 1. The van der Waals surface area contributed by atoms with Crippen LogP contribution in [0.4, 0.5) is 16.2 Å². The first-order valence-electron chi connectivity index (χ1n) is 9.05. The molecule has 0 unspecified atom stereocenters. The van der Waals surface area contributed by atoms with Crippen LogP contribution in [0, 0.1) is 12.7 Å². The molecule has 1 aliphatic heterocycles. The summed E-state index contributed by atoms with van der Waals surface area (Å²) in [4.78, 5) is 11.1. The second-order valence-corrected chi connectivity index (χ2v) is 6.68. The molecular weight excluding hydrogens is 329 g/mol. The van der Waals surface area contributed by atoms with Crippen LogP contribution in [0.2, 0.25) is 0 Å². The van der Waals surface area contributed by atoms with Crippen molar-refractivity contribution in [3.8, 4) is 0 Å². The number of hydrogen-bond donors (Lipinski definition) is 2. The molecule has 0 amide bonds. The predicted molar refractivity (Wildman–Crippen MR) is 104 cm³/mol. The highest BCUT2D eigenvalue weighted by atomic mass is 19.1. The van der Waals surface area contributed by atoms with Gasteiger partial charge in [-0.05, 0) is 57.0 Å². The average molecular weight is 355 g/mol. The number of nitrogens with one attached hydrogen (secondary N) is 1. The molecular formula is C20H26FN5. The second-order valence-electron chi connectivity index (χ2n) is 6.68. The number of aryl methyl sites for hydroxylation is 1. The quantitative estimate of drug-likeness (QED) is 0.744. The van der Waals surface area contributed by atoms with Crippen LogP contribution in [0.25, 0.3) is 0 Å². The third-order valence-corrected chi connectivity index (χ3v) is 4.88. The standard InChI is InChI=1S/C20H26FN5/c1-3-6-17-14(2)24-20(22)25-19(17)23-13-18(26-11-4-5-12-26)15-7-9-16(21)10-8-15/h3,7-10,18H,1,4-6,11-13H2,2H3,(H3,22,23,24,25)/t18-/m1/s1. The number of halogens is 1. The SMILES string of the molecule is C=CCc1c(C)nc(N)nc1NC[C@H](c1ccc(F)cc1)N1CCCC1. The topological polar surface area (TPSA) is 67.1 Å². The summed E-state index contributed by atoms with van der Waals surface area (Å²) < 4.78 is 13.3. The van der Waals surface area contributed by atoms with Crippen molar-refractivity contribution in [2.45, 2.75) is 32.2 Å². The van der Waals surface area contributed by atoms with E-state index in [1.807, 2.05) is 25.1 Å². The smallest absolute Gasteiger partial charge is 0.222 e. The summed E-state index contributed by atoms with van der Waals surface area (Å²) in [5.74, 6) is 0.799. The largest absolute Gasteiger partial charge is 0.368 e. The molecule has 1 atom stereocenters. The Morgan fingerprint density at radius 2 is 1.96 bits per heavy atom. The number of hydrogen-bond acceptors (Lipinski definition) is 5. The number of nitrogen functional groups attached to an aromatic ring is 1. The third-order valence-electron chi connectivity index (χ3n) is 4.88. The van der Waals surface area contributed by atoms with E-state index in [1.54, 1.807) is 0 Å². The highest BCUT2D eigenvalue weighted by molar-refractivity contribution is 5.50. The zero-order valence-corrected chi connectivity index (χ0v) is 15.2. The van der Waals surface area contributed by atoms with Crippen LogP contribution in [-0.2, 0) is 6.42 Å². The van der Waals surface area contributed by atoms with E-state index in [9.17, 15) is 4.39 Å². The second kappa shape index (κ2) is 8.27. The van der Waals surface area contributed by atoms with Crippen LogP contribution in [0.1, 0.15) is 35.7 Å². The summed E-state index contributed by atoms with van der Waals surface area (Å²) in [6.07, 6.45) is 4.91. The Morgan fingerprint density at radius 1 is 1.27 bits per heavy atom. The first kappa shape index (κ1) is 18.3. The minimum atomic E-state index is -0.214. The molecule has 0 spiro atoms. The van der Waals surface area contributed by atoms with Crippen LogP contribution in [0.5, 0.6) is 0 Å². The van der Waals surface area contributed by atoms with E-state index in [2.05, 4.69) is 26.8 Å². The maximum atomic E-state index is 13.3. The van der Waals surface area contributed by atoms with Crippen LogP contribution in [-0.4, -0.2) is 34.5 Å². The summed E-state index contributed by atoms with van der Waals surface area (Å²) in [6.45, 7) is 8.52. The van der Waals surface area contributed by atoms with Gasteiger partial charge in [0.2, 0.25) is 5.95 Å². The van der Waals surface area contributed by atoms with E-state index in [0.29, 0.717) is 13.0 Å². The normalized spacial score (nSPS) is 15.8. The molecule has 5 nitrogen and oxygen atoms in total. The summed E-state index contributed by atoms with van der Waals surface area (Å²) in [6, 6.07) is 6.93. The molecule has 138 valence electrons. The number of benzene rings is 1. The monoisotopic (exact) mass is 355 g/mol. The highest BCUT2D eigenvalue weighted by Gasteiger charge is 2.24. The molecule has 0 bridgehead atoms. The molecule has 0 radical (unpaired) electrons. The molecule has 0 aliphatic carbocycles. The maximum absolute atomic E-state index is 13.3. The number of likely N-dealkylation sites (tertiary alicyclic amines) is 1. The predicted octanol–water partition coefficient (Wildman–Crippen LogP) is 3.48. The van der Waals surface area contributed by atoms with Crippen molar-refractivity contribution >= 4 is 11.8 Å². The molecule has 1 aliphatic rings. The van der Waals surface area contributed by atoms with E-state index < -0.39 is 0 Å². The van der Waals surface area contributed by atoms with E-state index in [-0.39, 0.29) is 17.8 Å². The molecule has 2 heterocycles. The molecule has 0 saturated carbocycles. The Labute approximate surface area is 154 Å². The molecule has 3 rings (SSSR count). The third kappa shape index (κ3) is 4.19. The number of nitrogens with zero attached hydrogens (tertiary/aromatic N) is 3. The fourth-order valence-electron chi connectivity index (χ4n) is 3.54. The number of nitrogens with two attached hydrogens (primary N) is 1. The molecule has 1 aromatic heterocycles. The fraction of sp³-hybridized carbons (Fsp3) is 0.400. The lowest BCUT2D eigenvalue weighted by molar-refractivity contribution is 0.255. The Bertz CT molecular complexity index is 754. The van der Waals surface area contributed by atoms with E-state index in [0.717, 1.165) is 35.7 Å². The van der Waals surface area contributed by atoms with Gasteiger partial charge in [-0.15, -0.1) is 6.58 Å². The van der Waals surface area contributed by atoms with Gasteiger partial charge < -0.3 is 11.1 Å². The number of anilines is 2. The Morgan fingerprint density at radius 3 is 2.62 bits per heavy atom. The van der Waals surface area contributed by atoms with Gasteiger partial charge in [-0.25, -0.2) is 9.37 Å². The highest BCUT2D eigenvalue weighted by Crippen LogP contribution is 2.27. The van der Waals surface area contributed by atoms with Crippen molar-refractivity contribution in [2.75, 3.05) is 30.7 Å². The Kier molecular flexibility index (Phi) is 5.83. The van der Waals surface area contributed by atoms with Crippen molar-refractivity contribution in [3.05, 3.63) is 59.6 Å². The van der Waals surface area contributed by atoms with Crippen molar-refractivity contribution in [3.63, 3.8) is 0 Å². The van der Waals surface area contributed by atoms with Crippen LogP contribution >= 0.6 is 0 Å². The van der Waals surface area contributed by atoms with Gasteiger partial charge in [-0.3, -0.25) is 4.90 Å². The number of rotatable bonds is 7. The van der Waals surface area contributed by atoms with Gasteiger partial charge in [-0.2, -0.15) is 4.98 Å². The van der Waals surface area contributed by atoms with Gasteiger partial charge in [-0.1, -0.05) is 18.2 Å². The maximum Gasteiger partial charge on any atom is 0.222 e. The van der Waals surface area contributed by atoms with Gasteiger partial charge in [0.15, 0.2) is 0 Å². The Hall–Kier alpha value is -2.47. The van der Waals surface area contributed by atoms with Crippen molar-refractivity contribution in [1.82, 2.24) is 14.9 Å². The van der Waals surface area contributed by atoms with Gasteiger partial charge >= 0.3 is 0 Å². The van der Waals surface area contributed by atoms with E-state index >= 15 is 0 Å². The fourth-order valence-corrected chi connectivity index (χ4v) is 3.54. The van der Waals surface area contributed by atoms with Gasteiger partial charge in [0.05, 0.1) is 6.04 Å². The summed E-state index contributed by atoms with van der Waals surface area (Å²) in [5.41, 5.74) is 8.81. The molecule has 26 heavy (non-hydrogen) atoms. The number of aromatic nitrogens is 2. The first-order chi connectivity index (χ1) is 12.6. The molecule has 1 aromatic carbocycles. The molecule has 1 fully saturated rings. The van der Waals surface area contributed by atoms with Crippen LogP contribution < -0.4 is 11.1 Å². The molecule has 6 heteroatoms. The summed E-state index contributed by atoms with van der Waals surface area (Å²) in [5, 5.41) is 3.46. The van der Waals surface area contributed by atoms with E-state index in [1.165, 1.54) is 25.0 Å². The Balaban J connectivity index is 1.84. The zero-order chi connectivity index (χ0) is 18.5. The molecule has 1 saturated heterocycles. The molecule has 2 aromatic rings. The van der Waals surface area contributed by atoms with Gasteiger partial charge in [0.25, 0.3) is 0 Å². The minimum Gasteiger partial charge on any atom is -0.368 e. The first-order valence-corrected chi connectivity index (χ1v) is 9.05. The average Bonchev–Trinajstić information content (AvgIpc) is 3.14.